The van der Waals surface area contributed by atoms with E-state index in [1.54, 1.807) is 6.07 Å². The lowest BCUT2D eigenvalue weighted by Gasteiger charge is -2.21. The third-order valence-corrected chi connectivity index (χ3v) is 2.85. The van der Waals surface area contributed by atoms with E-state index in [2.05, 4.69) is 5.32 Å². The van der Waals surface area contributed by atoms with Crippen LogP contribution in [0.3, 0.4) is 0 Å². The molecule has 16 heavy (non-hydrogen) atoms. The van der Waals surface area contributed by atoms with Gasteiger partial charge in [0, 0.05) is 17.6 Å². The number of phenols is 1. The Morgan fingerprint density at radius 1 is 1.38 bits per heavy atom. The smallest absolute Gasteiger partial charge is 0.120 e. The van der Waals surface area contributed by atoms with Crippen molar-refractivity contribution in [3.05, 3.63) is 29.3 Å². The number of hydrogen-bond acceptors (Lipinski definition) is 3. The molecule has 3 nitrogen and oxygen atoms in total. The highest BCUT2D eigenvalue weighted by molar-refractivity contribution is 5.37. The maximum Gasteiger partial charge on any atom is 0.120 e. The van der Waals surface area contributed by atoms with Crippen molar-refractivity contribution >= 4 is 0 Å². The highest BCUT2D eigenvalue weighted by atomic mass is 16.3. The molecule has 0 radical (unpaired) electrons. The first-order valence-corrected chi connectivity index (χ1v) is 5.74. The number of aliphatic hydroxyl groups excluding tert-OH is 1. The van der Waals surface area contributed by atoms with Gasteiger partial charge >= 0.3 is 0 Å². The molecule has 0 spiro atoms. The maximum atomic E-state index is 9.82. The number of aliphatic hydroxyl groups is 1. The summed E-state index contributed by atoms with van der Waals surface area (Å²) in [7, 11) is 0. The normalized spacial score (nSPS) is 14.8. The second kappa shape index (κ2) is 5.87. The fourth-order valence-electron chi connectivity index (χ4n) is 1.76. The molecule has 0 amide bonds. The molecule has 0 aliphatic rings. The van der Waals surface area contributed by atoms with Crippen LogP contribution in [-0.4, -0.2) is 22.9 Å². The van der Waals surface area contributed by atoms with E-state index in [1.807, 2.05) is 32.9 Å². The highest BCUT2D eigenvalue weighted by Gasteiger charge is 2.13. The van der Waals surface area contributed by atoms with Crippen LogP contribution < -0.4 is 5.32 Å². The van der Waals surface area contributed by atoms with Crippen molar-refractivity contribution in [1.82, 2.24) is 5.32 Å². The van der Waals surface area contributed by atoms with E-state index in [-0.39, 0.29) is 18.7 Å². The molecule has 0 aliphatic heterocycles. The van der Waals surface area contributed by atoms with E-state index >= 15 is 0 Å². The fraction of sp³-hybridized carbons (Fsp3) is 0.538. The number of benzene rings is 1. The number of aromatic hydroxyl groups is 1. The molecule has 1 aromatic rings. The molecule has 0 bridgehead atoms. The molecule has 0 heterocycles. The van der Waals surface area contributed by atoms with E-state index in [0.29, 0.717) is 5.75 Å². The third kappa shape index (κ3) is 3.22. The zero-order valence-electron chi connectivity index (χ0n) is 10.2. The van der Waals surface area contributed by atoms with Crippen LogP contribution in [0.15, 0.2) is 18.2 Å². The minimum Gasteiger partial charge on any atom is -0.508 e. The Bertz CT molecular complexity index is 335. The molecule has 2 atom stereocenters. The molecule has 90 valence electrons. The van der Waals surface area contributed by atoms with Crippen LogP contribution in [0.1, 0.15) is 37.4 Å². The van der Waals surface area contributed by atoms with Crippen molar-refractivity contribution in [1.29, 1.82) is 0 Å². The molecule has 3 heteroatoms. The summed E-state index contributed by atoms with van der Waals surface area (Å²) in [6, 6.07) is 5.78. The predicted octanol–water partition coefficient (Wildman–Crippen LogP) is 2.12. The van der Waals surface area contributed by atoms with Gasteiger partial charge in [-0.2, -0.15) is 0 Å². The van der Waals surface area contributed by atoms with Gasteiger partial charge in [-0.25, -0.2) is 0 Å². The topological polar surface area (TPSA) is 52.5 Å². The lowest BCUT2D eigenvalue weighted by atomic mass is 10.0. The summed E-state index contributed by atoms with van der Waals surface area (Å²) in [5, 5.41) is 22.2. The van der Waals surface area contributed by atoms with E-state index in [9.17, 15) is 5.11 Å². The zero-order chi connectivity index (χ0) is 12.1. The molecule has 0 aromatic heterocycles. The van der Waals surface area contributed by atoms with Gasteiger partial charge in [-0.15, -0.1) is 0 Å². The lowest BCUT2D eigenvalue weighted by molar-refractivity contribution is 0.229. The molecule has 0 saturated carbocycles. The van der Waals surface area contributed by atoms with Gasteiger partial charge in [0.2, 0.25) is 0 Å². The summed E-state index contributed by atoms with van der Waals surface area (Å²) in [5.41, 5.74) is 1.92. The Morgan fingerprint density at radius 2 is 2.06 bits per heavy atom. The van der Waals surface area contributed by atoms with Gasteiger partial charge in [-0.05, 0) is 31.9 Å². The molecular weight excluding hydrogens is 202 g/mol. The predicted molar refractivity (Wildman–Crippen MR) is 65.6 cm³/mol. The van der Waals surface area contributed by atoms with Crippen LogP contribution in [0, 0.1) is 6.92 Å². The summed E-state index contributed by atoms with van der Waals surface area (Å²) in [6.07, 6.45) is 0.869. The van der Waals surface area contributed by atoms with Gasteiger partial charge in [-0.3, -0.25) is 0 Å². The minimum absolute atomic E-state index is 0.0395. The SMILES string of the molecule is CC[C@@H](CO)NC(C)c1ccc(C)cc1O. The summed E-state index contributed by atoms with van der Waals surface area (Å²) in [4.78, 5) is 0. The van der Waals surface area contributed by atoms with Crippen LogP contribution >= 0.6 is 0 Å². The second-order valence-electron chi connectivity index (χ2n) is 4.24. The van der Waals surface area contributed by atoms with E-state index in [1.165, 1.54) is 0 Å². The van der Waals surface area contributed by atoms with Gasteiger partial charge < -0.3 is 15.5 Å². The molecular formula is C13H21NO2. The second-order valence-corrected chi connectivity index (χ2v) is 4.24. The van der Waals surface area contributed by atoms with Crippen molar-refractivity contribution in [3.63, 3.8) is 0 Å². The summed E-state index contributed by atoms with van der Waals surface area (Å²) in [5.74, 6) is 0.313. The average molecular weight is 223 g/mol. The third-order valence-electron chi connectivity index (χ3n) is 2.85. The molecule has 1 aromatic carbocycles. The van der Waals surface area contributed by atoms with Gasteiger partial charge in [0.25, 0.3) is 0 Å². The average Bonchev–Trinajstić information content (AvgIpc) is 2.25. The highest BCUT2D eigenvalue weighted by Crippen LogP contribution is 2.25. The number of nitrogens with one attached hydrogen (secondary N) is 1. The first-order chi connectivity index (χ1) is 7.58. The van der Waals surface area contributed by atoms with Crippen molar-refractivity contribution in [2.75, 3.05) is 6.61 Å². The maximum absolute atomic E-state index is 9.82. The monoisotopic (exact) mass is 223 g/mol. The number of hydrogen-bond donors (Lipinski definition) is 3. The molecule has 3 N–H and O–H groups in total. The summed E-state index contributed by atoms with van der Waals surface area (Å²) < 4.78 is 0. The quantitative estimate of drug-likeness (QED) is 0.716. The molecule has 0 aliphatic carbocycles. The number of rotatable bonds is 5. The van der Waals surface area contributed by atoms with Gasteiger partial charge in [0.1, 0.15) is 5.75 Å². The largest absolute Gasteiger partial charge is 0.508 e. The van der Waals surface area contributed by atoms with Gasteiger partial charge in [-0.1, -0.05) is 19.1 Å². The van der Waals surface area contributed by atoms with E-state index in [0.717, 1.165) is 17.5 Å². The summed E-state index contributed by atoms with van der Waals surface area (Å²) >= 11 is 0. The molecule has 1 unspecified atom stereocenters. The number of aryl methyl sites for hydroxylation is 1. The number of phenolic OH excluding ortho intramolecular Hbond substituents is 1. The standard InChI is InChI=1S/C13H21NO2/c1-4-11(8-15)14-10(3)12-6-5-9(2)7-13(12)16/h5-7,10-11,14-16H,4,8H2,1-3H3/t10?,11-/m0/s1. The van der Waals surface area contributed by atoms with E-state index < -0.39 is 0 Å². The minimum atomic E-state index is 0.0395. The van der Waals surface area contributed by atoms with Crippen LogP contribution in [0.4, 0.5) is 0 Å². The lowest BCUT2D eigenvalue weighted by Crippen LogP contribution is -2.33. The Hall–Kier alpha value is -1.06. The fourth-order valence-corrected chi connectivity index (χ4v) is 1.76. The molecule has 0 saturated heterocycles. The Morgan fingerprint density at radius 3 is 2.56 bits per heavy atom. The van der Waals surface area contributed by atoms with Crippen LogP contribution in [-0.2, 0) is 0 Å². The first kappa shape index (κ1) is 13.0. The van der Waals surface area contributed by atoms with Gasteiger partial charge in [0.05, 0.1) is 6.61 Å². The van der Waals surface area contributed by atoms with E-state index in [4.69, 9.17) is 5.11 Å². The Kier molecular flexibility index (Phi) is 4.77. The van der Waals surface area contributed by atoms with Crippen molar-refractivity contribution < 1.29 is 10.2 Å². The molecule has 0 fully saturated rings. The van der Waals surface area contributed by atoms with Gasteiger partial charge in [0.15, 0.2) is 0 Å². The molecule has 1 rings (SSSR count). The Balaban J connectivity index is 2.76. The zero-order valence-corrected chi connectivity index (χ0v) is 10.2. The van der Waals surface area contributed by atoms with Crippen molar-refractivity contribution in [3.8, 4) is 5.75 Å². The van der Waals surface area contributed by atoms with Crippen LogP contribution in [0.25, 0.3) is 0 Å². The summed E-state index contributed by atoms with van der Waals surface area (Å²) in [6.45, 7) is 6.08. The Labute approximate surface area is 97.1 Å². The van der Waals surface area contributed by atoms with Crippen LogP contribution in [0.5, 0.6) is 5.75 Å². The first-order valence-electron chi connectivity index (χ1n) is 5.74. The van der Waals surface area contributed by atoms with Crippen molar-refractivity contribution in [2.24, 2.45) is 0 Å². The van der Waals surface area contributed by atoms with Crippen LogP contribution in [0.2, 0.25) is 0 Å². The van der Waals surface area contributed by atoms with Crippen molar-refractivity contribution in [2.45, 2.75) is 39.3 Å².